The van der Waals surface area contributed by atoms with Gasteiger partial charge in [-0.15, -0.1) is 0 Å². The van der Waals surface area contributed by atoms with Gasteiger partial charge in [0.1, 0.15) is 0 Å². The highest BCUT2D eigenvalue weighted by Crippen LogP contribution is 2.06. The number of pyridine rings is 1. The van der Waals surface area contributed by atoms with E-state index in [9.17, 15) is 0 Å². The van der Waals surface area contributed by atoms with Gasteiger partial charge in [-0.1, -0.05) is 6.07 Å². The molecular formula is C11H16N2O. The minimum absolute atomic E-state index is 0.562. The second-order valence-corrected chi connectivity index (χ2v) is 3.67. The third-order valence-corrected chi connectivity index (χ3v) is 2.47. The molecule has 2 rings (SSSR count). The van der Waals surface area contributed by atoms with E-state index in [-0.39, 0.29) is 0 Å². The fourth-order valence-corrected chi connectivity index (χ4v) is 1.70. The smallest absolute Gasteiger partial charge is 0.0732 e. The van der Waals surface area contributed by atoms with Gasteiger partial charge in [0.05, 0.1) is 13.2 Å². The van der Waals surface area contributed by atoms with Crippen LogP contribution in [0, 0.1) is 0 Å². The van der Waals surface area contributed by atoms with Crippen molar-refractivity contribution in [3.05, 3.63) is 30.1 Å². The molecule has 76 valence electrons. The molecular weight excluding hydrogens is 176 g/mol. The van der Waals surface area contributed by atoms with E-state index in [2.05, 4.69) is 10.3 Å². The van der Waals surface area contributed by atoms with Crippen LogP contribution in [0.5, 0.6) is 0 Å². The first-order chi connectivity index (χ1) is 6.95. The number of aromatic nitrogens is 1. The molecule has 0 amide bonds. The zero-order valence-corrected chi connectivity index (χ0v) is 8.28. The number of ether oxygens (including phenoxy) is 1. The molecule has 2 heterocycles. The topological polar surface area (TPSA) is 34.1 Å². The van der Waals surface area contributed by atoms with E-state index in [1.807, 2.05) is 18.3 Å². The predicted octanol–water partition coefficient (Wildman–Crippen LogP) is 1.35. The Morgan fingerprint density at radius 3 is 3.29 bits per heavy atom. The Kier molecular flexibility index (Phi) is 3.49. The zero-order chi connectivity index (χ0) is 9.64. The molecule has 3 heteroatoms. The van der Waals surface area contributed by atoms with E-state index in [0.717, 1.165) is 18.7 Å². The van der Waals surface area contributed by atoms with Crippen LogP contribution in [0.15, 0.2) is 24.5 Å². The van der Waals surface area contributed by atoms with Crippen LogP contribution >= 0.6 is 0 Å². The molecule has 0 bridgehead atoms. The van der Waals surface area contributed by atoms with Crippen LogP contribution in [0.2, 0.25) is 0 Å². The normalized spacial score (nSPS) is 21.3. The Bertz CT molecular complexity index is 257. The monoisotopic (exact) mass is 192 g/mol. The van der Waals surface area contributed by atoms with Gasteiger partial charge in [-0.05, 0) is 31.0 Å². The average Bonchev–Trinajstić information content (AvgIpc) is 2.72. The van der Waals surface area contributed by atoms with Crippen molar-refractivity contribution >= 4 is 0 Å². The molecule has 1 aliphatic heterocycles. The summed E-state index contributed by atoms with van der Waals surface area (Å²) in [5.74, 6) is 0. The fraction of sp³-hybridized carbons (Fsp3) is 0.545. The molecule has 14 heavy (non-hydrogen) atoms. The molecule has 0 spiro atoms. The van der Waals surface area contributed by atoms with Gasteiger partial charge in [0.25, 0.3) is 0 Å². The summed E-state index contributed by atoms with van der Waals surface area (Å²) in [6.45, 7) is 2.63. The lowest BCUT2D eigenvalue weighted by Crippen LogP contribution is -2.26. The van der Waals surface area contributed by atoms with Crippen molar-refractivity contribution in [3.63, 3.8) is 0 Å². The van der Waals surface area contributed by atoms with Crippen LogP contribution in [0.3, 0.4) is 0 Å². The van der Waals surface area contributed by atoms with Crippen molar-refractivity contribution in [2.75, 3.05) is 13.2 Å². The van der Waals surface area contributed by atoms with Crippen LogP contribution < -0.4 is 5.32 Å². The maximum absolute atomic E-state index is 5.60. The highest BCUT2D eigenvalue weighted by Gasteiger charge is 2.13. The molecule has 0 aromatic carbocycles. The van der Waals surface area contributed by atoms with Gasteiger partial charge in [-0.25, -0.2) is 0 Å². The Morgan fingerprint density at radius 2 is 2.57 bits per heavy atom. The summed E-state index contributed by atoms with van der Waals surface area (Å²) >= 11 is 0. The van der Waals surface area contributed by atoms with Gasteiger partial charge >= 0.3 is 0 Å². The maximum atomic E-state index is 5.60. The molecule has 0 aliphatic carbocycles. The number of nitrogens with one attached hydrogen (secondary N) is 1. The Labute approximate surface area is 84.5 Å². The van der Waals surface area contributed by atoms with Crippen molar-refractivity contribution < 1.29 is 4.74 Å². The third-order valence-electron chi connectivity index (χ3n) is 2.47. The maximum Gasteiger partial charge on any atom is 0.0732 e. The first kappa shape index (κ1) is 9.62. The van der Waals surface area contributed by atoms with E-state index < -0.39 is 0 Å². The van der Waals surface area contributed by atoms with Crippen LogP contribution in [0.4, 0.5) is 0 Å². The second kappa shape index (κ2) is 5.08. The Morgan fingerprint density at radius 1 is 1.57 bits per heavy atom. The molecule has 1 aromatic heterocycles. The lowest BCUT2D eigenvalue weighted by Gasteiger charge is -2.10. The van der Waals surface area contributed by atoms with Gasteiger partial charge in [-0.3, -0.25) is 4.98 Å². The van der Waals surface area contributed by atoms with Crippen LogP contribution in [0.1, 0.15) is 18.4 Å². The SMILES string of the molecule is c1cncc(COC[C@H]2CCCN2)c1. The summed E-state index contributed by atoms with van der Waals surface area (Å²) in [5, 5.41) is 3.40. The predicted molar refractivity (Wildman–Crippen MR) is 54.9 cm³/mol. The van der Waals surface area contributed by atoms with Gasteiger partial charge in [-0.2, -0.15) is 0 Å². The minimum atomic E-state index is 0.562. The first-order valence-electron chi connectivity index (χ1n) is 5.15. The molecule has 0 radical (unpaired) electrons. The molecule has 1 N–H and O–H groups in total. The number of hydrogen-bond donors (Lipinski definition) is 1. The number of nitrogens with zero attached hydrogens (tertiary/aromatic N) is 1. The number of hydrogen-bond acceptors (Lipinski definition) is 3. The Balaban J connectivity index is 1.67. The second-order valence-electron chi connectivity index (χ2n) is 3.67. The highest BCUT2D eigenvalue weighted by atomic mass is 16.5. The summed E-state index contributed by atoms with van der Waals surface area (Å²) in [6.07, 6.45) is 6.15. The highest BCUT2D eigenvalue weighted by molar-refractivity contribution is 5.06. The molecule has 0 unspecified atom stereocenters. The van der Waals surface area contributed by atoms with Crippen molar-refractivity contribution in [2.24, 2.45) is 0 Å². The van der Waals surface area contributed by atoms with Crippen LogP contribution in [-0.2, 0) is 11.3 Å². The lowest BCUT2D eigenvalue weighted by atomic mass is 10.2. The molecule has 1 atom stereocenters. The van der Waals surface area contributed by atoms with Gasteiger partial charge in [0.2, 0.25) is 0 Å². The summed E-state index contributed by atoms with van der Waals surface area (Å²) < 4.78 is 5.60. The van der Waals surface area contributed by atoms with Crippen LogP contribution in [0.25, 0.3) is 0 Å². The molecule has 1 fully saturated rings. The van der Waals surface area contributed by atoms with Crippen molar-refractivity contribution in [1.29, 1.82) is 0 Å². The summed E-state index contributed by atoms with van der Waals surface area (Å²) in [4.78, 5) is 4.04. The van der Waals surface area contributed by atoms with Crippen LogP contribution in [-0.4, -0.2) is 24.2 Å². The summed E-state index contributed by atoms with van der Waals surface area (Å²) in [6, 6.07) is 4.54. The number of rotatable bonds is 4. The third kappa shape index (κ3) is 2.79. The standard InChI is InChI=1S/C11H16N2O/c1-3-10(7-12-5-1)8-14-9-11-4-2-6-13-11/h1,3,5,7,11,13H,2,4,6,8-9H2/t11-/m1/s1. The van der Waals surface area contributed by atoms with E-state index in [4.69, 9.17) is 4.74 Å². The van der Waals surface area contributed by atoms with E-state index in [1.165, 1.54) is 12.8 Å². The summed E-state index contributed by atoms with van der Waals surface area (Å²) in [7, 11) is 0. The summed E-state index contributed by atoms with van der Waals surface area (Å²) in [5.41, 5.74) is 1.14. The van der Waals surface area contributed by atoms with Gasteiger partial charge in [0, 0.05) is 18.4 Å². The minimum Gasteiger partial charge on any atom is -0.375 e. The molecule has 1 aromatic rings. The average molecular weight is 192 g/mol. The van der Waals surface area contributed by atoms with Gasteiger partial charge in [0.15, 0.2) is 0 Å². The largest absolute Gasteiger partial charge is 0.375 e. The molecule has 0 saturated carbocycles. The Hall–Kier alpha value is -0.930. The lowest BCUT2D eigenvalue weighted by molar-refractivity contribution is 0.103. The van der Waals surface area contributed by atoms with Crippen molar-refractivity contribution in [3.8, 4) is 0 Å². The molecule has 3 nitrogen and oxygen atoms in total. The zero-order valence-electron chi connectivity index (χ0n) is 8.28. The first-order valence-corrected chi connectivity index (χ1v) is 5.15. The van der Waals surface area contributed by atoms with E-state index in [0.29, 0.717) is 12.6 Å². The van der Waals surface area contributed by atoms with Gasteiger partial charge < -0.3 is 10.1 Å². The van der Waals surface area contributed by atoms with E-state index in [1.54, 1.807) is 6.20 Å². The quantitative estimate of drug-likeness (QED) is 0.782. The van der Waals surface area contributed by atoms with E-state index >= 15 is 0 Å². The van der Waals surface area contributed by atoms with Crippen molar-refractivity contribution in [2.45, 2.75) is 25.5 Å². The van der Waals surface area contributed by atoms with Crippen molar-refractivity contribution in [1.82, 2.24) is 10.3 Å². The molecule has 1 aliphatic rings. The molecule has 1 saturated heterocycles. The fourth-order valence-electron chi connectivity index (χ4n) is 1.70.